The van der Waals surface area contributed by atoms with E-state index in [-0.39, 0.29) is 41.1 Å². The lowest BCUT2D eigenvalue weighted by atomic mass is 10.2. The molecule has 0 radical (unpaired) electrons. The topological polar surface area (TPSA) is 140 Å². The molecule has 0 saturated carbocycles. The van der Waals surface area contributed by atoms with E-state index in [0.29, 0.717) is 0 Å². The minimum atomic E-state index is -4.37. The molecule has 13 heteroatoms. The summed E-state index contributed by atoms with van der Waals surface area (Å²) in [5.74, 6) is -1.44. The fourth-order valence-electron chi connectivity index (χ4n) is 4.41. The molecule has 2 amide bonds. The van der Waals surface area contributed by atoms with Gasteiger partial charge in [-0.1, -0.05) is 84.4 Å². The first-order valence-electron chi connectivity index (χ1n) is 15.0. The van der Waals surface area contributed by atoms with E-state index in [2.05, 4.69) is 10.6 Å². The van der Waals surface area contributed by atoms with Crippen LogP contribution >= 0.6 is 11.6 Å². The fourth-order valence-corrected chi connectivity index (χ4v) is 6.05. The highest BCUT2D eigenvalue weighted by Gasteiger charge is 2.29. The van der Waals surface area contributed by atoms with Crippen LogP contribution < -0.4 is 14.9 Å². The standard InChI is InChI=1S/C35H36ClN3O8S/c1-25(2)47-33(40)21-39(30-17-9-15-28(36)19-30)48(43,44)31-18-10-16-29(20-31)37-34(41)32(24-45-22-26-11-5-3-6-12-26)38-35(42)46-23-27-13-7-4-8-14-27/h3-20,25,32H,21-24H2,1-2H3,(H,37,41)(H,38,42)/t32-/m1/s1. The van der Waals surface area contributed by atoms with Crippen molar-refractivity contribution in [3.63, 3.8) is 0 Å². The van der Waals surface area contributed by atoms with Gasteiger partial charge in [-0.25, -0.2) is 13.2 Å². The molecule has 0 aliphatic carbocycles. The average molecular weight is 694 g/mol. The Hall–Kier alpha value is -4.91. The van der Waals surface area contributed by atoms with Crippen LogP contribution in [0, 0.1) is 0 Å². The highest BCUT2D eigenvalue weighted by atomic mass is 35.5. The van der Waals surface area contributed by atoms with E-state index in [1.807, 2.05) is 48.5 Å². The zero-order chi connectivity index (χ0) is 34.5. The zero-order valence-electron chi connectivity index (χ0n) is 26.4. The molecular weight excluding hydrogens is 658 g/mol. The number of alkyl carbamates (subject to hydrolysis) is 1. The molecule has 0 aliphatic heterocycles. The van der Waals surface area contributed by atoms with E-state index >= 15 is 0 Å². The molecular formula is C35H36ClN3O8S. The number of nitrogens with zero attached hydrogens (tertiary/aromatic N) is 1. The van der Waals surface area contributed by atoms with Crippen LogP contribution in [-0.4, -0.2) is 51.7 Å². The molecule has 4 aromatic rings. The van der Waals surface area contributed by atoms with E-state index in [9.17, 15) is 22.8 Å². The van der Waals surface area contributed by atoms with Crippen molar-refractivity contribution in [3.05, 3.63) is 125 Å². The van der Waals surface area contributed by atoms with Gasteiger partial charge in [0.2, 0.25) is 5.91 Å². The Morgan fingerprint density at radius 3 is 2.10 bits per heavy atom. The average Bonchev–Trinajstić information content (AvgIpc) is 3.06. The molecule has 4 aromatic carbocycles. The minimum Gasteiger partial charge on any atom is -0.462 e. The first kappa shape index (κ1) is 35.9. The van der Waals surface area contributed by atoms with E-state index in [1.165, 1.54) is 36.4 Å². The number of carbonyl (C=O) groups excluding carboxylic acids is 3. The number of benzene rings is 4. The van der Waals surface area contributed by atoms with Crippen LogP contribution in [0.5, 0.6) is 0 Å². The number of carbonyl (C=O) groups is 3. The van der Waals surface area contributed by atoms with Gasteiger partial charge in [-0.15, -0.1) is 0 Å². The number of ether oxygens (including phenoxy) is 3. The number of anilines is 2. The quantitative estimate of drug-likeness (QED) is 0.146. The largest absolute Gasteiger partial charge is 0.462 e. The Balaban J connectivity index is 1.52. The summed E-state index contributed by atoms with van der Waals surface area (Å²) >= 11 is 6.14. The second-order valence-corrected chi connectivity index (χ2v) is 13.1. The summed E-state index contributed by atoms with van der Waals surface area (Å²) < 4.78 is 45.0. The predicted molar refractivity (Wildman–Crippen MR) is 182 cm³/mol. The molecule has 1 atom stereocenters. The van der Waals surface area contributed by atoms with Crippen LogP contribution in [0.4, 0.5) is 16.2 Å². The van der Waals surface area contributed by atoms with Gasteiger partial charge in [0.25, 0.3) is 10.0 Å². The Kier molecular flexibility index (Phi) is 13.0. The molecule has 11 nitrogen and oxygen atoms in total. The second kappa shape index (κ2) is 17.3. The van der Waals surface area contributed by atoms with Gasteiger partial charge in [0.1, 0.15) is 19.2 Å². The van der Waals surface area contributed by atoms with Crippen molar-refractivity contribution < 1.29 is 37.0 Å². The molecule has 2 N–H and O–H groups in total. The van der Waals surface area contributed by atoms with E-state index in [1.54, 1.807) is 38.1 Å². The molecule has 4 rings (SSSR count). The van der Waals surface area contributed by atoms with Crippen LogP contribution in [0.1, 0.15) is 25.0 Å². The Bertz CT molecular complexity index is 1790. The lowest BCUT2D eigenvalue weighted by Gasteiger charge is -2.24. The van der Waals surface area contributed by atoms with Gasteiger partial charge in [-0.05, 0) is 61.4 Å². The maximum absolute atomic E-state index is 13.9. The third-order valence-corrected chi connectivity index (χ3v) is 8.65. The van der Waals surface area contributed by atoms with Crippen molar-refractivity contribution in [3.8, 4) is 0 Å². The van der Waals surface area contributed by atoms with Gasteiger partial charge in [0, 0.05) is 10.7 Å². The van der Waals surface area contributed by atoms with E-state index in [0.717, 1.165) is 15.4 Å². The van der Waals surface area contributed by atoms with Gasteiger partial charge < -0.3 is 24.8 Å². The Morgan fingerprint density at radius 2 is 1.46 bits per heavy atom. The first-order chi connectivity index (χ1) is 23.0. The Labute approximate surface area is 284 Å². The minimum absolute atomic E-state index is 0.0143. The molecule has 48 heavy (non-hydrogen) atoms. The monoisotopic (exact) mass is 693 g/mol. The number of halogens is 1. The summed E-state index contributed by atoms with van der Waals surface area (Å²) in [6, 6.07) is 28.7. The first-order valence-corrected chi connectivity index (χ1v) is 16.8. The number of sulfonamides is 1. The summed E-state index contributed by atoms with van der Waals surface area (Å²) in [7, 11) is -4.37. The van der Waals surface area contributed by atoms with Gasteiger partial charge in [-0.2, -0.15) is 0 Å². The highest BCUT2D eigenvalue weighted by molar-refractivity contribution is 7.92. The van der Waals surface area contributed by atoms with Gasteiger partial charge in [0.05, 0.1) is 29.9 Å². The lowest BCUT2D eigenvalue weighted by Crippen LogP contribution is -2.47. The van der Waals surface area contributed by atoms with E-state index in [4.69, 9.17) is 25.8 Å². The van der Waals surface area contributed by atoms with Gasteiger partial charge in [-0.3, -0.25) is 13.9 Å². The second-order valence-electron chi connectivity index (χ2n) is 10.8. The lowest BCUT2D eigenvalue weighted by molar-refractivity contribution is -0.145. The molecule has 0 bridgehead atoms. The molecule has 0 fully saturated rings. The normalized spacial score (nSPS) is 11.8. The number of nitrogens with one attached hydrogen (secondary N) is 2. The molecule has 0 spiro atoms. The maximum Gasteiger partial charge on any atom is 0.408 e. The number of hydrogen-bond acceptors (Lipinski definition) is 8. The number of esters is 1. The van der Waals surface area contributed by atoms with Crippen molar-refractivity contribution in [2.75, 3.05) is 22.8 Å². The van der Waals surface area contributed by atoms with Crippen molar-refractivity contribution in [2.24, 2.45) is 0 Å². The summed E-state index contributed by atoms with van der Waals surface area (Å²) in [5, 5.41) is 5.45. The van der Waals surface area contributed by atoms with Crippen molar-refractivity contribution >= 4 is 51.0 Å². The molecule has 0 aliphatic rings. The highest BCUT2D eigenvalue weighted by Crippen LogP contribution is 2.27. The number of rotatable bonds is 15. The zero-order valence-corrected chi connectivity index (χ0v) is 27.9. The Morgan fingerprint density at radius 1 is 0.812 bits per heavy atom. The third kappa shape index (κ3) is 10.8. The summed E-state index contributed by atoms with van der Waals surface area (Å²) in [6.07, 6.45) is -1.31. The van der Waals surface area contributed by atoms with Gasteiger partial charge >= 0.3 is 12.1 Å². The molecule has 0 unspecified atom stereocenters. The summed E-state index contributed by atoms with van der Waals surface area (Å²) in [5.41, 5.74) is 1.88. The fraction of sp³-hybridized carbons (Fsp3) is 0.229. The summed E-state index contributed by atoms with van der Waals surface area (Å²) in [6.45, 7) is 2.64. The number of hydrogen-bond donors (Lipinski definition) is 2. The molecule has 0 aromatic heterocycles. The summed E-state index contributed by atoms with van der Waals surface area (Å²) in [4.78, 5) is 38.5. The van der Waals surface area contributed by atoms with Crippen LogP contribution in [0.15, 0.2) is 114 Å². The molecule has 0 saturated heterocycles. The van der Waals surface area contributed by atoms with Crippen molar-refractivity contribution in [2.45, 2.75) is 44.1 Å². The van der Waals surface area contributed by atoms with Crippen LogP contribution in [-0.2, 0) is 47.0 Å². The maximum atomic E-state index is 13.9. The molecule has 252 valence electrons. The number of amides is 2. The third-order valence-electron chi connectivity index (χ3n) is 6.64. The van der Waals surface area contributed by atoms with Crippen molar-refractivity contribution in [1.82, 2.24) is 5.32 Å². The van der Waals surface area contributed by atoms with Crippen molar-refractivity contribution in [1.29, 1.82) is 0 Å². The predicted octanol–water partition coefficient (Wildman–Crippen LogP) is 5.94. The van der Waals surface area contributed by atoms with Crippen LogP contribution in [0.3, 0.4) is 0 Å². The van der Waals surface area contributed by atoms with Crippen LogP contribution in [0.2, 0.25) is 5.02 Å². The van der Waals surface area contributed by atoms with E-state index < -0.39 is 46.7 Å². The SMILES string of the molecule is CC(C)OC(=O)CN(c1cccc(Cl)c1)S(=O)(=O)c1cccc(NC(=O)[C@@H](COCc2ccccc2)NC(=O)OCc2ccccc2)c1. The smallest absolute Gasteiger partial charge is 0.408 e. The molecule has 0 heterocycles. The van der Waals surface area contributed by atoms with Gasteiger partial charge in [0.15, 0.2) is 0 Å². The van der Waals surface area contributed by atoms with Crippen LogP contribution in [0.25, 0.3) is 0 Å².